The molecular weight excluding hydrogens is 344 g/mol. The Balaban J connectivity index is 1.32. The van der Waals surface area contributed by atoms with Crippen molar-refractivity contribution in [1.82, 2.24) is 14.8 Å². The molecule has 144 valence electrons. The van der Waals surface area contributed by atoms with Gasteiger partial charge in [-0.15, -0.1) is 0 Å². The maximum absolute atomic E-state index is 12.4. The van der Waals surface area contributed by atoms with Crippen molar-refractivity contribution < 1.29 is 13.9 Å². The third-order valence-corrected chi connectivity index (χ3v) is 5.32. The average Bonchev–Trinajstić information content (AvgIpc) is 3.40. The van der Waals surface area contributed by atoms with Gasteiger partial charge in [0.2, 0.25) is 5.89 Å². The van der Waals surface area contributed by atoms with E-state index in [9.17, 15) is 4.79 Å². The molecule has 0 unspecified atom stereocenters. The molecule has 2 aliphatic heterocycles. The molecule has 3 heterocycles. The van der Waals surface area contributed by atoms with E-state index in [1.54, 1.807) is 7.11 Å². The average molecular weight is 370 g/mol. The van der Waals surface area contributed by atoms with Gasteiger partial charge in [0, 0.05) is 39.3 Å². The van der Waals surface area contributed by atoms with Crippen molar-refractivity contribution in [3.8, 4) is 5.75 Å². The van der Waals surface area contributed by atoms with Crippen LogP contribution in [0.1, 0.15) is 29.2 Å². The number of hydrogen-bond acceptors (Lipinski definition) is 6. The van der Waals surface area contributed by atoms with Gasteiger partial charge in [-0.05, 0) is 25.0 Å². The fourth-order valence-corrected chi connectivity index (χ4v) is 3.79. The van der Waals surface area contributed by atoms with Gasteiger partial charge in [-0.1, -0.05) is 12.1 Å². The van der Waals surface area contributed by atoms with Crippen molar-refractivity contribution in [2.45, 2.75) is 19.4 Å². The van der Waals surface area contributed by atoms with E-state index >= 15 is 0 Å². The molecule has 2 fully saturated rings. The first-order chi connectivity index (χ1) is 13.2. The van der Waals surface area contributed by atoms with Crippen LogP contribution in [0.25, 0.3) is 0 Å². The number of likely N-dealkylation sites (tertiary alicyclic amines) is 1. The van der Waals surface area contributed by atoms with Gasteiger partial charge < -0.3 is 19.0 Å². The molecule has 7 heteroatoms. The predicted octanol–water partition coefficient (Wildman–Crippen LogP) is 2.24. The number of amides is 1. The molecule has 7 nitrogen and oxygen atoms in total. The molecule has 27 heavy (non-hydrogen) atoms. The summed E-state index contributed by atoms with van der Waals surface area (Å²) in [6.45, 7) is 5.94. The largest absolute Gasteiger partial charge is 0.495 e. The molecule has 0 radical (unpaired) electrons. The lowest BCUT2D eigenvalue weighted by Crippen LogP contribution is -2.46. The quantitative estimate of drug-likeness (QED) is 0.804. The highest BCUT2D eigenvalue weighted by molar-refractivity contribution is 5.92. The first kappa shape index (κ1) is 17.9. The summed E-state index contributed by atoms with van der Waals surface area (Å²) >= 11 is 0. The third kappa shape index (κ3) is 3.93. The van der Waals surface area contributed by atoms with Crippen molar-refractivity contribution >= 4 is 11.6 Å². The van der Waals surface area contributed by atoms with Crippen molar-refractivity contribution in [2.24, 2.45) is 0 Å². The Hall–Kier alpha value is -2.54. The van der Waals surface area contributed by atoms with Gasteiger partial charge in [0.25, 0.3) is 5.91 Å². The van der Waals surface area contributed by atoms with Crippen LogP contribution in [0.3, 0.4) is 0 Å². The molecule has 1 aromatic heterocycles. The summed E-state index contributed by atoms with van der Waals surface area (Å²) in [4.78, 5) is 23.3. The molecule has 0 N–H and O–H groups in total. The highest BCUT2D eigenvalue weighted by Gasteiger charge is 2.24. The van der Waals surface area contributed by atoms with Crippen molar-refractivity contribution in [1.29, 1.82) is 0 Å². The number of nitrogens with zero attached hydrogens (tertiary/aromatic N) is 4. The number of hydrogen-bond donors (Lipinski definition) is 0. The monoisotopic (exact) mass is 370 g/mol. The van der Waals surface area contributed by atoms with Crippen LogP contribution in [0.4, 0.5) is 5.69 Å². The molecule has 2 aliphatic rings. The van der Waals surface area contributed by atoms with E-state index in [4.69, 9.17) is 9.15 Å². The summed E-state index contributed by atoms with van der Waals surface area (Å²) in [5, 5.41) is 0. The van der Waals surface area contributed by atoms with Gasteiger partial charge in [-0.25, -0.2) is 4.98 Å². The second-order valence-electron chi connectivity index (χ2n) is 7.06. The van der Waals surface area contributed by atoms with Crippen LogP contribution in [0.5, 0.6) is 5.75 Å². The van der Waals surface area contributed by atoms with Crippen LogP contribution in [-0.2, 0) is 6.54 Å². The molecule has 2 aromatic rings. The highest BCUT2D eigenvalue weighted by atomic mass is 16.5. The minimum absolute atomic E-state index is 0.0107. The Morgan fingerprint density at radius 1 is 1.11 bits per heavy atom. The van der Waals surface area contributed by atoms with Crippen LogP contribution in [0, 0.1) is 0 Å². The van der Waals surface area contributed by atoms with Crippen LogP contribution in [0.2, 0.25) is 0 Å². The summed E-state index contributed by atoms with van der Waals surface area (Å²) < 4.78 is 11.0. The molecule has 0 aliphatic carbocycles. The fraction of sp³-hybridized carbons (Fsp3) is 0.500. The summed E-state index contributed by atoms with van der Waals surface area (Å²) in [7, 11) is 1.71. The molecular formula is C20H26N4O3. The molecule has 1 amide bonds. The van der Waals surface area contributed by atoms with Gasteiger partial charge >= 0.3 is 0 Å². The van der Waals surface area contributed by atoms with E-state index in [1.807, 2.05) is 23.1 Å². The van der Waals surface area contributed by atoms with Crippen molar-refractivity contribution in [3.63, 3.8) is 0 Å². The highest BCUT2D eigenvalue weighted by Crippen LogP contribution is 2.28. The normalized spacial score (nSPS) is 18.1. The third-order valence-electron chi connectivity index (χ3n) is 5.32. The Morgan fingerprint density at radius 3 is 2.59 bits per heavy atom. The van der Waals surface area contributed by atoms with Crippen molar-refractivity contribution in [2.75, 3.05) is 51.3 Å². The number of benzene rings is 1. The zero-order valence-electron chi connectivity index (χ0n) is 15.8. The van der Waals surface area contributed by atoms with Crippen LogP contribution < -0.4 is 9.64 Å². The van der Waals surface area contributed by atoms with Gasteiger partial charge in [0.05, 0.1) is 19.3 Å². The number of carbonyl (C=O) groups excluding carboxylic acids is 1. The van der Waals surface area contributed by atoms with E-state index in [-0.39, 0.29) is 5.91 Å². The standard InChI is InChI=1S/C20H26N4O3/c1-26-18-7-3-2-6-17(18)23-12-10-22(11-13-23)14-19-21-16(15-27-19)20(25)24-8-4-5-9-24/h2-3,6-7,15H,4-5,8-14H2,1H3. The van der Waals surface area contributed by atoms with Gasteiger partial charge in [-0.3, -0.25) is 9.69 Å². The van der Waals surface area contributed by atoms with Gasteiger partial charge in [0.1, 0.15) is 12.0 Å². The minimum Gasteiger partial charge on any atom is -0.495 e. The smallest absolute Gasteiger partial charge is 0.275 e. The number of rotatable bonds is 5. The number of carbonyl (C=O) groups is 1. The van der Waals surface area contributed by atoms with E-state index in [1.165, 1.54) is 6.26 Å². The molecule has 2 saturated heterocycles. The lowest BCUT2D eigenvalue weighted by molar-refractivity contribution is 0.0787. The number of methoxy groups -OCH3 is 1. The second-order valence-corrected chi connectivity index (χ2v) is 7.06. The molecule has 0 bridgehead atoms. The molecule has 0 saturated carbocycles. The minimum atomic E-state index is -0.0107. The molecule has 0 spiro atoms. The number of ether oxygens (including phenoxy) is 1. The van der Waals surface area contributed by atoms with E-state index in [0.29, 0.717) is 18.1 Å². The summed E-state index contributed by atoms with van der Waals surface area (Å²) in [5.74, 6) is 1.51. The Kier molecular flexibility index (Phi) is 5.29. The topological polar surface area (TPSA) is 62.1 Å². The Labute approximate surface area is 159 Å². The SMILES string of the molecule is COc1ccccc1N1CCN(Cc2nc(C(=O)N3CCCC3)co2)CC1. The van der Waals surface area contributed by atoms with E-state index in [0.717, 1.165) is 63.5 Å². The number of anilines is 1. The van der Waals surface area contributed by atoms with Crippen molar-refractivity contribution in [3.05, 3.63) is 42.1 Å². The number of piperazine rings is 1. The summed E-state index contributed by atoms with van der Waals surface area (Å²) in [5.41, 5.74) is 1.56. The lowest BCUT2D eigenvalue weighted by atomic mass is 10.2. The first-order valence-corrected chi connectivity index (χ1v) is 9.58. The summed E-state index contributed by atoms with van der Waals surface area (Å²) in [6, 6.07) is 8.12. The lowest BCUT2D eigenvalue weighted by Gasteiger charge is -2.36. The number of para-hydroxylation sites is 2. The zero-order valence-corrected chi connectivity index (χ0v) is 15.8. The predicted molar refractivity (Wildman–Crippen MR) is 102 cm³/mol. The van der Waals surface area contributed by atoms with Gasteiger partial charge in [-0.2, -0.15) is 0 Å². The van der Waals surface area contributed by atoms with E-state index < -0.39 is 0 Å². The maximum Gasteiger partial charge on any atom is 0.275 e. The molecule has 4 rings (SSSR count). The molecule has 0 atom stereocenters. The number of aromatic nitrogens is 1. The summed E-state index contributed by atoms with van der Waals surface area (Å²) in [6.07, 6.45) is 3.65. The fourth-order valence-electron chi connectivity index (χ4n) is 3.79. The zero-order chi connectivity index (χ0) is 18.6. The van der Waals surface area contributed by atoms with Crippen LogP contribution in [-0.4, -0.2) is 67.1 Å². The Bertz CT molecular complexity index is 777. The maximum atomic E-state index is 12.4. The van der Waals surface area contributed by atoms with E-state index in [2.05, 4.69) is 20.9 Å². The first-order valence-electron chi connectivity index (χ1n) is 9.58. The van der Waals surface area contributed by atoms with Crippen LogP contribution in [0.15, 0.2) is 34.9 Å². The second kappa shape index (κ2) is 8.00. The Morgan fingerprint density at radius 2 is 1.85 bits per heavy atom. The van der Waals surface area contributed by atoms with Gasteiger partial charge in [0.15, 0.2) is 5.69 Å². The van der Waals surface area contributed by atoms with Crippen LogP contribution >= 0.6 is 0 Å². The number of oxazole rings is 1. The molecule has 1 aromatic carbocycles.